The predicted octanol–water partition coefficient (Wildman–Crippen LogP) is 5.91. The molecule has 1 atom stereocenters. The van der Waals surface area contributed by atoms with Crippen LogP contribution in [0, 0.1) is 13.8 Å². The van der Waals surface area contributed by atoms with E-state index in [9.17, 15) is 4.79 Å². The van der Waals surface area contributed by atoms with Gasteiger partial charge in [-0.25, -0.2) is 4.79 Å². The topological polar surface area (TPSA) is 42.2 Å². The fourth-order valence-corrected chi connectivity index (χ4v) is 4.45. The standard InChI is InChI=1S/C25H25NO2S/c1-4-18-7-9-19(10-8-18)25(23-6-5-11-29-23)26-15-20-14-24(27)28-22-13-17(3)16(2)12-21(20)22/h5-14,25-26H,4,15H2,1-3H3/t25-/m1/s1. The van der Waals surface area contributed by atoms with Crippen molar-refractivity contribution >= 4 is 22.3 Å². The van der Waals surface area contributed by atoms with Gasteiger partial charge in [0, 0.05) is 22.9 Å². The van der Waals surface area contributed by atoms with Crippen molar-refractivity contribution in [3.8, 4) is 0 Å². The first-order valence-corrected chi connectivity index (χ1v) is 10.8. The van der Waals surface area contributed by atoms with E-state index in [2.05, 4.69) is 67.0 Å². The number of hydrogen-bond acceptors (Lipinski definition) is 4. The molecule has 3 nitrogen and oxygen atoms in total. The molecule has 4 rings (SSSR count). The summed E-state index contributed by atoms with van der Waals surface area (Å²) in [5.41, 5.74) is 6.18. The van der Waals surface area contributed by atoms with Crippen molar-refractivity contribution in [3.05, 3.63) is 103 Å². The van der Waals surface area contributed by atoms with Crippen molar-refractivity contribution in [1.29, 1.82) is 0 Å². The number of aryl methyl sites for hydroxylation is 3. The first kappa shape index (κ1) is 19.6. The van der Waals surface area contributed by atoms with E-state index in [1.807, 2.05) is 13.0 Å². The van der Waals surface area contributed by atoms with E-state index in [0.717, 1.165) is 22.9 Å². The summed E-state index contributed by atoms with van der Waals surface area (Å²) in [4.78, 5) is 13.4. The third kappa shape index (κ3) is 4.19. The molecule has 0 fully saturated rings. The summed E-state index contributed by atoms with van der Waals surface area (Å²) >= 11 is 1.74. The Morgan fingerprint density at radius 1 is 1.03 bits per heavy atom. The number of benzene rings is 2. The Kier molecular flexibility index (Phi) is 5.65. The molecule has 0 aliphatic heterocycles. The summed E-state index contributed by atoms with van der Waals surface area (Å²) in [5, 5.41) is 6.77. The van der Waals surface area contributed by atoms with Gasteiger partial charge in [-0.05, 0) is 71.7 Å². The fourth-order valence-electron chi connectivity index (χ4n) is 3.63. The van der Waals surface area contributed by atoms with Crippen LogP contribution in [0.25, 0.3) is 11.0 Å². The highest BCUT2D eigenvalue weighted by molar-refractivity contribution is 7.10. The second-order valence-electron chi connectivity index (χ2n) is 7.45. The Hall–Kier alpha value is -2.69. The van der Waals surface area contributed by atoms with Crippen LogP contribution in [-0.4, -0.2) is 0 Å². The molecular weight excluding hydrogens is 378 g/mol. The van der Waals surface area contributed by atoms with Crippen LogP contribution in [0.3, 0.4) is 0 Å². The first-order valence-electron chi connectivity index (χ1n) is 9.94. The van der Waals surface area contributed by atoms with Crippen molar-refractivity contribution < 1.29 is 4.42 Å². The molecule has 0 bridgehead atoms. The van der Waals surface area contributed by atoms with Gasteiger partial charge in [0.1, 0.15) is 5.58 Å². The molecule has 0 aliphatic carbocycles. The fraction of sp³-hybridized carbons (Fsp3) is 0.240. The minimum absolute atomic E-state index is 0.0785. The van der Waals surface area contributed by atoms with Crippen molar-refractivity contribution in [2.75, 3.05) is 0 Å². The average Bonchev–Trinajstić information content (AvgIpc) is 3.24. The lowest BCUT2D eigenvalue weighted by molar-refractivity contribution is 0.553. The zero-order valence-electron chi connectivity index (χ0n) is 17.0. The minimum Gasteiger partial charge on any atom is -0.423 e. The number of nitrogens with one attached hydrogen (secondary N) is 1. The maximum absolute atomic E-state index is 12.1. The van der Waals surface area contributed by atoms with E-state index < -0.39 is 0 Å². The lowest BCUT2D eigenvalue weighted by Gasteiger charge is -2.19. The van der Waals surface area contributed by atoms with E-state index in [1.54, 1.807) is 17.4 Å². The third-order valence-electron chi connectivity index (χ3n) is 5.49. The van der Waals surface area contributed by atoms with E-state index in [-0.39, 0.29) is 11.7 Å². The van der Waals surface area contributed by atoms with Gasteiger partial charge in [-0.1, -0.05) is 37.3 Å². The number of rotatable bonds is 6. The van der Waals surface area contributed by atoms with Crippen LogP contribution in [0.4, 0.5) is 0 Å². The van der Waals surface area contributed by atoms with Crippen molar-refractivity contribution in [2.24, 2.45) is 0 Å². The van der Waals surface area contributed by atoms with Crippen LogP contribution in [0.2, 0.25) is 0 Å². The van der Waals surface area contributed by atoms with Gasteiger partial charge in [-0.3, -0.25) is 0 Å². The van der Waals surface area contributed by atoms with Crippen LogP contribution in [0.1, 0.15) is 45.7 Å². The van der Waals surface area contributed by atoms with Crippen LogP contribution in [0.15, 0.2) is 69.2 Å². The van der Waals surface area contributed by atoms with Crippen LogP contribution in [-0.2, 0) is 13.0 Å². The zero-order valence-corrected chi connectivity index (χ0v) is 17.8. The second kappa shape index (κ2) is 8.36. The van der Waals surface area contributed by atoms with Gasteiger partial charge >= 0.3 is 5.63 Å². The smallest absolute Gasteiger partial charge is 0.336 e. The van der Waals surface area contributed by atoms with E-state index in [4.69, 9.17) is 4.42 Å². The highest BCUT2D eigenvalue weighted by atomic mass is 32.1. The molecule has 0 spiro atoms. The maximum atomic E-state index is 12.1. The number of fused-ring (bicyclic) bond motifs is 1. The highest BCUT2D eigenvalue weighted by Crippen LogP contribution is 2.28. The molecule has 1 N–H and O–H groups in total. The highest BCUT2D eigenvalue weighted by Gasteiger charge is 2.16. The molecule has 0 unspecified atom stereocenters. The summed E-state index contributed by atoms with van der Waals surface area (Å²) in [6.45, 7) is 6.87. The molecule has 2 heterocycles. The molecule has 0 radical (unpaired) electrons. The van der Waals surface area contributed by atoms with Crippen LogP contribution >= 0.6 is 11.3 Å². The summed E-state index contributed by atoms with van der Waals surface area (Å²) in [6, 6.07) is 18.8. The Balaban J connectivity index is 1.69. The molecule has 4 aromatic rings. The number of thiophene rings is 1. The van der Waals surface area contributed by atoms with Gasteiger partial charge in [0.05, 0.1) is 6.04 Å². The molecule has 0 saturated heterocycles. The lowest BCUT2D eigenvalue weighted by atomic mass is 10.0. The van der Waals surface area contributed by atoms with Gasteiger partial charge in [0.2, 0.25) is 0 Å². The van der Waals surface area contributed by atoms with Crippen LogP contribution < -0.4 is 10.9 Å². The van der Waals surface area contributed by atoms with Crippen LogP contribution in [0.5, 0.6) is 0 Å². The summed E-state index contributed by atoms with van der Waals surface area (Å²) in [6.07, 6.45) is 1.03. The lowest BCUT2D eigenvalue weighted by Crippen LogP contribution is -2.22. The quantitative estimate of drug-likeness (QED) is 0.407. The van der Waals surface area contributed by atoms with Gasteiger partial charge in [0.15, 0.2) is 0 Å². The maximum Gasteiger partial charge on any atom is 0.336 e. The van der Waals surface area contributed by atoms with Crippen molar-refractivity contribution in [2.45, 2.75) is 39.8 Å². The Morgan fingerprint density at radius 3 is 2.48 bits per heavy atom. The molecule has 2 aromatic heterocycles. The SMILES string of the molecule is CCc1ccc([C@@H](NCc2cc(=O)oc3cc(C)c(C)cc23)c2cccs2)cc1. The predicted molar refractivity (Wildman–Crippen MR) is 121 cm³/mol. The molecule has 0 amide bonds. The largest absolute Gasteiger partial charge is 0.423 e. The summed E-state index contributed by atoms with van der Waals surface area (Å²) in [5.74, 6) is 0. The number of hydrogen-bond donors (Lipinski definition) is 1. The monoisotopic (exact) mass is 403 g/mol. The minimum atomic E-state index is -0.308. The Morgan fingerprint density at radius 2 is 1.79 bits per heavy atom. The van der Waals surface area contributed by atoms with Gasteiger partial charge in [0.25, 0.3) is 0 Å². The van der Waals surface area contributed by atoms with Crippen molar-refractivity contribution in [1.82, 2.24) is 5.32 Å². The van der Waals surface area contributed by atoms with E-state index in [0.29, 0.717) is 12.1 Å². The molecule has 0 saturated carbocycles. The molecule has 4 heteroatoms. The van der Waals surface area contributed by atoms with Gasteiger partial charge in [-0.15, -0.1) is 11.3 Å². The Bertz CT molecular complexity index is 1170. The summed E-state index contributed by atoms with van der Waals surface area (Å²) < 4.78 is 5.45. The van der Waals surface area contributed by atoms with Gasteiger partial charge in [-0.2, -0.15) is 0 Å². The Labute approximate surface area is 175 Å². The van der Waals surface area contributed by atoms with Gasteiger partial charge < -0.3 is 9.73 Å². The molecule has 29 heavy (non-hydrogen) atoms. The zero-order chi connectivity index (χ0) is 20.4. The van der Waals surface area contributed by atoms with Crippen molar-refractivity contribution in [3.63, 3.8) is 0 Å². The first-order chi connectivity index (χ1) is 14.0. The normalized spacial score (nSPS) is 12.4. The average molecular weight is 404 g/mol. The molecule has 2 aromatic carbocycles. The molecule has 148 valence electrons. The molecular formula is C25H25NO2S. The van der Waals surface area contributed by atoms with E-state index >= 15 is 0 Å². The second-order valence-corrected chi connectivity index (χ2v) is 8.43. The van der Waals surface area contributed by atoms with E-state index in [1.165, 1.54) is 21.6 Å². The third-order valence-corrected chi connectivity index (χ3v) is 6.43. The summed E-state index contributed by atoms with van der Waals surface area (Å²) in [7, 11) is 0. The molecule has 0 aliphatic rings.